The summed E-state index contributed by atoms with van der Waals surface area (Å²) >= 11 is 0. The van der Waals surface area contributed by atoms with Gasteiger partial charge in [0.15, 0.2) is 0 Å². The molecule has 0 saturated carbocycles. The maximum atomic E-state index is 13.1. The van der Waals surface area contributed by atoms with Gasteiger partial charge in [-0.05, 0) is 12.1 Å². The molecule has 0 atom stereocenters. The molecule has 0 aliphatic rings. The number of benzene rings is 1. The van der Waals surface area contributed by atoms with E-state index in [2.05, 4.69) is 10.3 Å². The number of aryl methyl sites for hydroxylation is 1. The monoisotopic (exact) mass is 250 g/mol. The fraction of sp³-hybridized carbons (Fsp3) is 0.182. The van der Waals surface area contributed by atoms with Crippen molar-refractivity contribution in [3.63, 3.8) is 0 Å². The molecule has 7 heteroatoms. The van der Waals surface area contributed by atoms with Gasteiger partial charge in [0.1, 0.15) is 5.82 Å². The second-order valence-electron chi connectivity index (χ2n) is 3.73. The van der Waals surface area contributed by atoms with Crippen LogP contribution in [0.15, 0.2) is 30.6 Å². The van der Waals surface area contributed by atoms with Crippen LogP contribution in [0.3, 0.4) is 0 Å². The van der Waals surface area contributed by atoms with E-state index in [1.165, 1.54) is 6.07 Å². The lowest BCUT2D eigenvalue weighted by Gasteiger charge is -2.06. The Hall–Kier alpha value is -2.44. The molecule has 0 aliphatic heterocycles. The zero-order chi connectivity index (χ0) is 13.1. The number of imidazole rings is 1. The molecule has 0 radical (unpaired) electrons. The molecule has 0 amide bonds. The number of nitrogens with zero attached hydrogens (tertiary/aromatic N) is 3. The number of anilines is 1. The normalized spacial score (nSPS) is 10.3. The Balaban J connectivity index is 2.13. The van der Waals surface area contributed by atoms with Gasteiger partial charge in [-0.25, -0.2) is 4.98 Å². The summed E-state index contributed by atoms with van der Waals surface area (Å²) in [5.74, 6) is -0.0653. The SMILES string of the molecule is Cn1ccnc1CNc1ccc(F)c([N+](=O)[O-])c1. The number of nitro groups is 1. The molecule has 0 aliphatic carbocycles. The van der Waals surface area contributed by atoms with E-state index in [9.17, 15) is 14.5 Å². The molecular formula is C11H11FN4O2. The Morgan fingerprint density at radius 3 is 2.94 bits per heavy atom. The van der Waals surface area contributed by atoms with E-state index < -0.39 is 16.4 Å². The number of nitro benzene ring substituents is 1. The minimum Gasteiger partial charge on any atom is -0.378 e. The summed E-state index contributed by atoms with van der Waals surface area (Å²) in [5, 5.41) is 13.5. The lowest BCUT2D eigenvalue weighted by Crippen LogP contribution is -2.06. The van der Waals surface area contributed by atoms with E-state index in [0.29, 0.717) is 12.2 Å². The smallest absolute Gasteiger partial charge is 0.306 e. The number of halogens is 1. The van der Waals surface area contributed by atoms with Crippen molar-refractivity contribution in [3.05, 3.63) is 52.3 Å². The molecule has 1 aromatic heterocycles. The Morgan fingerprint density at radius 2 is 2.33 bits per heavy atom. The Labute approximate surface area is 102 Å². The van der Waals surface area contributed by atoms with E-state index in [1.807, 2.05) is 11.6 Å². The summed E-state index contributed by atoms with van der Waals surface area (Å²) in [5.41, 5.74) is -0.0639. The molecule has 18 heavy (non-hydrogen) atoms. The van der Waals surface area contributed by atoms with E-state index >= 15 is 0 Å². The van der Waals surface area contributed by atoms with Gasteiger partial charge in [0.05, 0.1) is 11.5 Å². The van der Waals surface area contributed by atoms with Crippen molar-refractivity contribution in [2.75, 3.05) is 5.32 Å². The van der Waals surface area contributed by atoms with Crippen molar-refractivity contribution >= 4 is 11.4 Å². The first-order valence-corrected chi connectivity index (χ1v) is 5.22. The van der Waals surface area contributed by atoms with Crippen LogP contribution < -0.4 is 5.32 Å². The van der Waals surface area contributed by atoms with Crippen LogP contribution in [-0.4, -0.2) is 14.5 Å². The Kier molecular flexibility index (Phi) is 3.22. The third kappa shape index (κ3) is 2.45. The first kappa shape index (κ1) is 12.0. The largest absolute Gasteiger partial charge is 0.378 e. The summed E-state index contributed by atoms with van der Waals surface area (Å²) < 4.78 is 14.9. The molecule has 1 heterocycles. The molecule has 2 aromatic rings. The van der Waals surface area contributed by atoms with E-state index in [4.69, 9.17) is 0 Å². The highest BCUT2D eigenvalue weighted by Crippen LogP contribution is 2.21. The number of hydrogen-bond acceptors (Lipinski definition) is 4. The first-order chi connectivity index (χ1) is 8.58. The van der Waals surface area contributed by atoms with Crippen LogP contribution in [0, 0.1) is 15.9 Å². The second kappa shape index (κ2) is 4.82. The molecule has 0 bridgehead atoms. The summed E-state index contributed by atoms with van der Waals surface area (Å²) in [6, 6.07) is 3.68. The van der Waals surface area contributed by atoms with Crippen molar-refractivity contribution < 1.29 is 9.31 Å². The van der Waals surface area contributed by atoms with E-state index in [-0.39, 0.29) is 0 Å². The van der Waals surface area contributed by atoms with Crippen molar-refractivity contribution in [2.45, 2.75) is 6.54 Å². The van der Waals surface area contributed by atoms with Crippen molar-refractivity contribution in [1.82, 2.24) is 9.55 Å². The highest BCUT2D eigenvalue weighted by molar-refractivity contribution is 5.51. The third-order valence-corrected chi connectivity index (χ3v) is 2.51. The molecule has 0 unspecified atom stereocenters. The zero-order valence-electron chi connectivity index (χ0n) is 9.63. The zero-order valence-corrected chi connectivity index (χ0v) is 9.63. The molecule has 1 N–H and O–H groups in total. The number of hydrogen-bond donors (Lipinski definition) is 1. The average Bonchev–Trinajstić information content (AvgIpc) is 2.73. The van der Waals surface area contributed by atoms with Crippen LogP contribution in [0.5, 0.6) is 0 Å². The molecule has 2 rings (SSSR count). The van der Waals surface area contributed by atoms with Gasteiger partial charge in [0.25, 0.3) is 0 Å². The van der Waals surface area contributed by atoms with Crippen LogP contribution in [0.4, 0.5) is 15.8 Å². The van der Waals surface area contributed by atoms with Crippen LogP contribution in [0.25, 0.3) is 0 Å². The fourth-order valence-corrected chi connectivity index (χ4v) is 1.51. The lowest BCUT2D eigenvalue weighted by molar-refractivity contribution is -0.387. The van der Waals surface area contributed by atoms with Crippen molar-refractivity contribution in [1.29, 1.82) is 0 Å². The minimum atomic E-state index is -0.845. The quantitative estimate of drug-likeness (QED) is 0.666. The molecule has 0 fully saturated rings. The number of rotatable bonds is 4. The van der Waals surface area contributed by atoms with E-state index in [0.717, 1.165) is 18.0 Å². The van der Waals surface area contributed by atoms with Gasteiger partial charge in [-0.2, -0.15) is 4.39 Å². The Morgan fingerprint density at radius 1 is 1.56 bits per heavy atom. The highest BCUT2D eigenvalue weighted by atomic mass is 19.1. The lowest BCUT2D eigenvalue weighted by atomic mass is 10.2. The average molecular weight is 250 g/mol. The summed E-state index contributed by atoms with van der Waals surface area (Å²) in [6.45, 7) is 0.409. The predicted molar refractivity (Wildman–Crippen MR) is 63.6 cm³/mol. The maximum Gasteiger partial charge on any atom is 0.306 e. The molecule has 94 valence electrons. The molecule has 0 spiro atoms. The van der Waals surface area contributed by atoms with Gasteiger partial charge in [-0.3, -0.25) is 10.1 Å². The van der Waals surface area contributed by atoms with Gasteiger partial charge in [0, 0.05) is 31.2 Å². The van der Waals surface area contributed by atoms with Gasteiger partial charge in [0.2, 0.25) is 5.82 Å². The maximum absolute atomic E-state index is 13.1. The molecular weight excluding hydrogens is 239 g/mol. The summed E-state index contributed by atoms with van der Waals surface area (Å²) in [4.78, 5) is 13.9. The predicted octanol–water partition coefficient (Wildman–Crippen LogP) is 2.08. The standard InChI is InChI=1S/C11H11FN4O2/c1-15-5-4-13-11(15)7-14-8-2-3-9(12)10(6-8)16(17)18/h2-6,14H,7H2,1H3. The number of nitrogens with one attached hydrogen (secondary N) is 1. The first-order valence-electron chi connectivity index (χ1n) is 5.22. The molecule has 6 nitrogen and oxygen atoms in total. The summed E-state index contributed by atoms with van der Waals surface area (Å²) in [6.07, 6.45) is 3.45. The molecule has 0 saturated heterocycles. The second-order valence-corrected chi connectivity index (χ2v) is 3.73. The van der Waals surface area contributed by atoms with Gasteiger partial charge < -0.3 is 9.88 Å². The van der Waals surface area contributed by atoms with Crippen LogP contribution >= 0.6 is 0 Å². The summed E-state index contributed by atoms with van der Waals surface area (Å²) in [7, 11) is 1.84. The Bertz CT molecular complexity index is 582. The van der Waals surface area contributed by atoms with Gasteiger partial charge in [-0.15, -0.1) is 0 Å². The van der Waals surface area contributed by atoms with Crippen molar-refractivity contribution in [3.8, 4) is 0 Å². The number of aromatic nitrogens is 2. The van der Waals surface area contributed by atoms with Gasteiger partial charge >= 0.3 is 5.69 Å². The third-order valence-electron chi connectivity index (χ3n) is 2.51. The van der Waals surface area contributed by atoms with Gasteiger partial charge in [-0.1, -0.05) is 0 Å². The van der Waals surface area contributed by atoms with Crippen molar-refractivity contribution in [2.24, 2.45) is 7.05 Å². The van der Waals surface area contributed by atoms with Crippen LogP contribution in [0.2, 0.25) is 0 Å². The fourth-order valence-electron chi connectivity index (χ4n) is 1.51. The minimum absolute atomic E-state index is 0.409. The van der Waals surface area contributed by atoms with Crippen LogP contribution in [0.1, 0.15) is 5.82 Å². The molecule has 1 aromatic carbocycles. The van der Waals surface area contributed by atoms with Crippen LogP contribution in [-0.2, 0) is 13.6 Å². The highest BCUT2D eigenvalue weighted by Gasteiger charge is 2.14. The van der Waals surface area contributed by atoms with E-state index in [1.54, 1.807) is 12.4 Å². The topological polar surface area (TPSA) is 73.0 Å².